The molecule has 3 rings (SSSR count). The van der Waals surface area contributed by atoms with E-state index in [0.717, 1.165) is 25.2 Å². The highest BCUT2D eigenvalue weighted by molar-refractivity contribution is 5.86. The second kappa shape index (κ2) is 8.12. The molecule has 0 spiro atoms. The van der Waals surface area contributed by atoms with Crippen molar-refractivity contribution in [3.8, 4) is 0 Å². The first-order valence-corrected chi connectivity index (χ1v) is 8.76. The Bertz CT molecular complexity index is 734. The number of aromatic nitrogens is 2. The number of methoxy groups -OCH3 is 1. The van der Waals surface area contributed by atoms with Gasteiger partial charge in [0.15, 0.2) is 0 Å². The Kier molecular flexibility index (Phi) is 5.66. The molecule has 0 saturated carbocycles. The van der Waals surface area contributed by atoms with Crippen LogP contribution in [0.25, 0.3) is 6.08 Å². The fourth-order valence-electron chi connectivity index (χ4n) is 3.39. The maximum atomic E-state index is 11.2. The number of esters is 1. The van der Waals surface area contributed by atoms with Crippen LogP contribution in [0.4, 0.5) is 0 Å². The first-order valence-electron chi connectivity index (χ1n) is 8.76. The monoisotopic (exact) mass is 339 g/mol. The van der Waals surface area contributed by atoms with Crippen LogP contribution in [0, 0.1) is 6.92 Å². The zero-order valence-electron chi connectivity index (χ0n) is 14.9. The van der Waals surface area contributed by atoms with Gasteiger partial charge in [0.2, 0.25) is 0 Å². The van der Waals surface area contributed by atoms with Crippen LogP contribution in [-0.2, 0) is 16.1 Å². The third kappa shape index (κ3) is 4.37. The number of likely N-dealkylation sites (tertiary alicyclic amines) is 1. The van der Waals surface area contributed by atoms with E-state index in [1.807, 2.05) is 12.3 Å². The summed E-state index contributed by atoms with van der Waals surface area (Å²) in [7, 11) is 1.38. The second-order valence-corrected chi connectivity index (χ2v) is 6.41. The molecule has 0 amide bonds. The van der Waals surface area contributed by atoms with Crippen LogP contribution in [0.3, 0.4) is 0 Å². The fourth-order valence-corrected chi connectivity index (χ4v) is 3.39. The molecule has 1 atom stereocenters. The normalized spacial score (nSPS) is 18.1. The van der Waals surface area contributed by atoms with Gasteiger partial charge < -0.3 is 4.74 Å². The minimum atomic E-state index is -0.333. The van der Waals surface area contributed by atoms with Gasteiger partial charge in [-0.25, -0.2) is 4.79 Å². The van der Waals surface area contributed by atoms with Gasteiger partial charge in [-0.15, -0.1) is 0 Å². The summed E-state index contributed by atoms with van der Waals surface area (Å²) < 4.78 is 6.68. The average molecular weight is 339 g/mol. The predicted molar refractivity (Wildman–Crippen MR) is 98.0 cm³/mol. The molecule has 1 aliphatic rings. The summed E-state index contributed by atoms with van der Waals surface area (Å²) >= 11 is 0. The van der Waals surface area contributed by atoms with E-state index in [2.05, 4.69) is 50.6 Å². The van der Waals surface area contributed by atoms with Crippen LogP contribution in [0.5, 0.6) is 0 Å². The summed E-state index contributed by atoms with van der Waals surface area (Å²) in [5, 5.41) is 4.37. The maximum absolute atomic E-state index is 11.2. The summed E-state index contributed by atoms with van der Waals surface area (Å²) in [5.74, 6) is -0.333. The highest BCUT2D eigenvalue weighted by atomic mass is 16.5. The number of nitrogens with zero attached hydrogens (tertiary/aromatic N) is 3. The molecule has 0 N–H and O–H groups in total. The number of rotatable bonds is 6. The van der Waals surface area contributed by atoms with Crippen molar-refractivity contribution in [2.24, 2.45) is 0 Å². The van der Waals surface area contributed by atoms with E-state index in [4.69, 9.17) is 0 Å². The predicted octanol–water partition coefficient (Wildman–Crippen LogP) is 3.21. The number of ether oxygens (including phenoxy) is 1. The topological polar surface area (TPSA) is 47.4 Å². The van der Waals surface area contributed by atoms with E-state index in [1.54, 1.807) is 6.08 Å². The molecule has 2 aromatic rings. The van der Waals surface area contributed by atoms with Gasteiger partial charge in [0.1, 0.15) is 0 Å². The van der Waals surface area contributed by atoms with Crippen molar-refractivity contribution < 1.29 is 9.53 Å². The minimum Gasteiger partial charge on any atom is -0.466 e. The quantitative estimate of drug-likeness (QED) is 0.599. The lowest BCUT2D eigenvalue weighted by Crippen LogP contribution is -2.27. The molecule has 0 radical (unpaired) electrons. The van der Waals surface area contributed by atoms with Crippen molar-refractivity contribution in [1.29, 1.82) is 0 Å². The number of carbonyl (C=O) groups excluding carboxylic acids is 1. The highest BCUT2D eigenvalue weighted by Gasteiger charge is 2.25. The van der Waals surface area contributed by atoms with Crippen molar-refractivity contribution in [2.45, 2.75) is 32.4 Å². The third-order valence-corrected chi connectivity index (χ3v) is 4.83. The van der Waals surface area contributed by atoms with Crippen LogP contribution >= 0.6 is 0 Å². The lowest BCUT2D eigenvalue weighted by molar-refractivity contribution is -0.134. The lowest BCUT2D eigenvalue weighted by atomic mass is 10.0. The third-order valence-electron chi connectivity index (χ3n) is 4.83. The Morgan fingerprint density at radius 1 is 1.28 bits per heavy atom. The fraction of sp³-hybridized carbons (Fsp3) is 0.400. The van der Waals surface area contributed by atoms with E-state index < -0.39 is 0 Å². The van der Waals surface area contributed by atoms with Crippen LogP contribution in [0.1, 0.15) is 35.7 Å². The smallest absolute Gasteiger partial charge is 0.330 e. The zero-order valence-corrected chi connectivity index (χ0v) is 14.9. The molecule has 0 bridgehead atoms. The molecule has 1 fully saturated rings. The number of benzene rings is 1. The molecule has 1 aromatic carbocycles. The zero-order chi connectivity index (χ0) is 17.6. The van der Waals surface area contributed by atoms with Gasteiger partial charge in [0, 0.05) is 30.6 Å². The van der Waals surface area contributed by atoms with Gasteiger partial charge >= 0.3 is 5.97 Å². The summed E-state index contributed by atoms with van der Waals surface area (Å²) in [5.41, 5.74) is 3.55. The van der Waals surface area contributed by atoms with Gasteiger partial charge in [-0.05, 0) is 49.6 Å². The summed E-state index contributed by atoms with van der Waals surface area (Å²) in [6.07, 6.45) is 7.51. The van der Waals surface area contributed by atoms with E-state index in [1.165, 1.54) is 37.3 Å². The summed E-state index contributed by atoms with van der Waals surface area (Å²) in [4.78, 5) is 13.7. The van der Waals surface area contributed by atoms with Crippen LogP contribution in [-0.4, -0.2) is 40.8 Å². The first kappa shape index (κ1) is 17.4. The lowest BCUT2D eigenvalue weighted by Gasteiger charge is -2.25. The molecule has 1 saturated heterocycles. The number of carbonyl (C=O) groups is 1. The Labute approximate surface area is 148 Å². The molecular formula is C20H25N3O2. The van der Waals surface area contributed by atoms with E-state index >= 15 is 0 Å². The molecule has 25 heavy (non-hydrogen) atoms. The van der Waals surface area contributed by atoms with Crippen LogP contribution < -0.4 is 0 Å². The van der Waals surface area contributed by atoms with Crippen LogP contribution in [0.2, 0.25) is 0 Å². The Balaban J connectivity index is 1.62. The van der Waals surface area contributed by atoms with E-state index in [9.17, 15) is 4.79 Å². The summed E-state index contributed by atoms with van der Waals surface area (Å²) in [6, 6.07) is 11.0. The molecule has 132 valence electrons. The van der Waals surface area contributed by atoms with Crippen molar-refractivity contribution in [1.82, 2.24) is 14.7 Å². The standard InChI is InChI=1S/C20H25N3O2/c1-16-11-12-21-23(16)15-14-22-13-3-4-19(22)18-8-5-17(6-9-18)7-10-20(24)25-2/h5-12,19H,3-4,13-15H2,1-2H3/b10-7+. The average Bonchev–Trinajstić information content (AvgIpc) is 3.27. The van der Waals surface area contributed by atoms with Crippen molar-refractivity contribution in [3.05, 3.63) is 59.4 Å². The van der Waals surface area contributed by atoms with Crippen LogP contribution in [0.15, 0.2) is 42.6 Å². The Hall–Kier alpha value is -2.40. The molecule has 1 unspecified atom stereocenters. The molecule has 1 aromatic heterocycles. The number of aryl methyl sites for hydroxylation is 1. The first-order chi connectivity index (χ1) is 12.2. The van der Waals surface area contributed by atoms with E-state index in [-0.39, 0.29) is 5.97 Å². The van der Waals surface area contributed by atoms with Gasteiger partial charge in [0.25, 0.3) is 0 Å². The molecule has 0 aliphatic carbocycles. The van der Waals surface area contributed by atoms with Crippen molar-refractivity contribution in [2.75, 3.05) is 20.2 Å². The van der Waals surface area contributed by atoms with Gasteiger partial charge in [-0.3, -0.25) is 9.58 Å². The highest BCUT2D eigenvalue weighted by Crippen LogP contribution is 2.31. The SMILES string of the molecule is COC(=O)/C=C/c1ccc(C2CCCN2CCn2nccc2C)cc1. The Morgan fingerprint density at radius 2 is 2.08 bits per heavy atom. The maximum Gasteiger partial charge on any atom is 0.330 e. The largest absolute Gasteiger partial charge is 0.466 e. The van der Waals surface area contributed by atoms with E-state index in [0.29, 0.717) is 6.04 Å². The minimum absolute atomic E-state index is 0.333. The molecule has 2 heterocycles. The van der Waals surface area contributed by atoms with Gasteiger partial charge in [0.05, 0.1) is 13.7 Å². The molecule has 5 nitrogen and oxygen atoms in total. The van der Waals surface area contributed by atoms with Gasteiger partial charge in [-0.1, -0.05) is 24.3 Å². The molecular weight excluding hydrogens is 314 g/mol. The summed E-state index contributed by atoms with van der Waals surface area (Å²) in [6.45, 7) is 5.16. The molecule has 1 aliphatic heterocycles. The van der Waals surface area contributed by atoms with Gasteiger partial charge in [-0.2, -0.15) is 5.10 Å². The number of hydrogen-bond donors (Lipinski definition) is 0. The van der Waals surface area contributed by atoms with Crippen molar-refractivity contribution in [3.63, 3.8) is 0 Å². The Morgan fingerprint density at radius 3 is 2.76 bits per heavy atom. The second-order valence-electron chi connectivity index (χ2n) is 6.41. The van der Waals surface area contributed by atoms with Crippen molar-refractivity contribution >= 4 is 12.0 Å². The molecule has 5 heteroatoms. The number of hydrogen-bond acceptors (Lipinski definition) is 4.